The molecule has 1 aliphatic carbocycles. The van der Waals surface area contributed by atoms with Crippen LogP contribution in [0.2, 0.25) is 0 Å². The predicted octanol–water partition coefficient (Wildman–Crippen LogP) is 2.64. The van der Waals surface area contributed by atoms with Gasteiger partial charge in [0.2, 0.25) is 0 Å². The Morgan fingerprint density at radius 1 is 1.31 bits per heavy atom. The van der Waals surface area contributed by atoms with Crippen LogP contribution in [0.3, 0.4) is 0 Å². The first-order chi connectivity index (χ1) is 13.9. The quantitative estimate of drug-likeness (QED) is 0.606. The van der Waals surface area contributed by atoms with Gasteiger partial charge in [-0.3, -0.25) is 14.3 Å². The van der Waals surface area contributed by atoms with Crippen molar-refractivity contribution in [2.75, 3.05) is 20.3 Å². The third-order valence-electron chi connectivity index (χ3n) is 5.36. The molecule has 7 nitrogen and oxygen atoms in total. The number of rotatable bonds is 9. The minimum Gasteiger partial charge on any atom is -0.466 e. The Morgan fingerprint density at radius 3 is 2.62 bits per heavy atom. The zero-order valence-corrected chi connectivity index (χ0v) is 17.5. The molecular formula is C22H29N3O4. The van der Waals surface area contributed by atoms with Gasteiger partial charge in [-0.2, -0.15) is 5.10 Å². The van der Waals surface area contributed by atoms with Crippen LogP contribution in [0.5, 0.6) is 0 Å². The average molecular weight is 399 g/mol. The molecule has 2 aromatic rings. The van der Waals surface area contributed by atoms with Gasteiger partial charge in [0.15, 0.2) is 6.10 Å². The van der Waals surface area contributed by atoms with E-state index in [2.05, 4.69) is 5.10 Å². The summed E-state index contributed by atoms with van der Waals surface area (Å²) < 4.78 is 12.5. The van der Waals surface area contributed by atoms with Crippen LogP contribution >= 0.6 is 0 Å². The van der Waals surface area contributed by atoms with Gasteiger partial charge in [-0.1, -0.05) is 30.3 Å². The van der Waals surface area contributed by atoms with Crippen LogP contribution in [0.25, 0.3) is 0 Å². The molecule has 1 heterocycles. The zero-order valence-electron chi connectivity index (χ0n) is 17.5. The summed E-state index contributed by atoms with van der Waals surface area (Å²) in [6, 6.07) is 11.4. The molecule has 1 fully saturated rings. The lowest BCUT2D eigenvalue weighted by Crippen LogP contribution is -2.37. The summed E-state index contributed by atoms with van der Waals surface area (Å²) in [5, 5.41) is 4.49. The van der Waals surface area contributed by atoms with Crippen molar-refractivity contribution >= 4 is 11.9 Å². The molecule has 1 aromatic carbocycles. The van der Waals surface area contributed by atoms with Crippen LogP contribution in [0.4, 0.5) is 0 Å². The molecule has 3 rings (SSSR count). The number of carbonyl (C=O) groups excluding carboxylic acids is 2. The van der Waals surface area contributed by atoms with E-state index in [1.54, 1.807) is 16.5 Å². The predicted molar refractivity (Wildman–Crippen MR) is 108 cm³/mol. The molecule has 156 valence electrons. The van der Waals surface area contributed by atoms with Crippen molar-refractivity contribution in [3.8, 4) is 0 Å². The van der Waals surface area contributed by atoms with Gasteiger partial charge >= 0.3 is 5.97 Å². The Labute approximate surface area is 171 Å². The largest absolute Gasteiger partial charge is 0.466 e. The third-order valence-corrected chi connectivity index (χ3v) is 5.36. The van der Waals surface area contributed by atoms with Crippen molar-refractivity contribution in [1.82, 2.24) is 14.7 Å². The molecule has 0 bridgehead atoms. The lowest BCUT2D eigenvalue weighted by molar-refractivity contribution is -0.147. The SMILES string of the molecule is CCOC(=O)C1CC1CN(Cc1cc(C)n(C)n1)C(=O)C(OC)c1ccccc1. The maximum absolute atomic E-state index is 13.4. The van der Waals surface area contributed by atoms with Crippen molar-refractivity contribution < 1.29 is 19.1 Å². The molecule has 0 N–H and O–H groups in total. The zero-order chi connectivity index (χ0) is 21.0. The molecule has 1 aromatic heterocycles. The van der Waals surface area contributed by atoms with E-state index in [0.29, 0.717) is 19.7 Å². The third kappa shape index (κ3) is 5.03. The number of esters is 1. The van der Waals surface area contributed by atoms with E-state index < -0.39 is 6.10 Å². The summed E-state index contributed by atoms with van der Waals surface area (Å²) in [7, 11) is 3.42. The molecule has 3 atom stereocenters. The number of methoxy groups -OCH3 is 1. The van der Waals surface area contributed by atoms with Crippen LogP contribution in [0.15, 0.2) is 36.4 Å². The number of hydrogen-bond donors (Lipinski definition) is 0. The normalized spacial score (nSPS) is 18.9. The molecule has 0 aliphatic heterocycles. The number of nitrogens with zero attached hydrogens (tertiary/aromatic N) is 3. The number of benzene rings is 1. The summed E-state index contributed by atoms with van der Waals surface area (Å²) in [4.78, 5) is 27.2. The van der Waals surface area contributed by atoms with Crippen LogP contribution in [-0.4, -0.2) is 46.8 Å². The highest BCUT2D eigenvalue weighted by atomic mass is 16.5. The van der Waals surface area contributed by atoms with Crippen LogP contribution < -0.4 is 0 Å². The fourth-order valence-corrected chi connectivity index (χ4v) is 3.58. The first-order valence-corrected chi connectivity index (χ1v) is 9.97. The summed E-state index contributed by atoms with van der Waals surface area (Å²) in [5.74, 6) is -0.328. The van der Waals surface area contributed by atoms with Gasteiger partial charge in [-0.15, -0.1) is 0 Å². The number of carbonyl (C=O) groups is 2. The second-order valence-electron chi connectivity index (χ2n) is 7.50. The van der Waals surface area contributed by atoms with E-state index in [-0.39, 0.29) is 23.7 Å². The van der Waals surface area contributed by atoms with Gasteiger partial charge in [-0.05, 0) is 37.8 Å². The van der Waals surface area contributed by atoms with E-state index in [0.717, 1.165) is 23.4 Å². The Bertz CT molecular complexity index is 829. The summed E-state index contributed by atoms with van der Waals surface area (Å²) >= 11 is 0. The first-order valence-electron chi connectivity index (χ1n) is 9.97. The molecule has 0 saturated heterocycles. The smallest absolute Gasteiger partial charge is 0.309 e. The fourth-order valence-electron chi connectivity index (χ4n) is 3.58. The highest BCUT2D eigenvalue weighted by Crippen LogP contribution is 2.40. The topological polar surface area (TPSA) is 73.7 Å². The minimum absolute atomic E-state index is 0.107. The van der Waals surface area contributed by atoms with Crippen molar-refractivity contribution in [3.05, 3.63) is 53.3 Å². The second-order valence-corrected chi connectivity index (χ2v) is 7.50. The van der Waals surface area contributed by atoms with E-state index >= 15 is 0 Å². The molecule has 3 unspecified atom stereocenters. The molecule has 0 radical (unpaired) electrons. The van der Waals surface area contributed by atoms with E-state index in [1.165, 1.54) is 7.11 Å². The number of aryl methyl sites for hydroxylation is 2. The molecule has 29 heavy (non-hydrogen) atoms. The van der Waals surface area contributed by atoms with Gasteiger partial charge in [0.1, 0.15) is 0 Å². The number of amides is 1. The van der Waals surface area contributed by atoms with Crippen molar-refractivity contribution in [2.24, 2.45) is 18.9 Å². The van der Waals surface area contributed by atoms with Crippen LogP contribution in [0.1, 0.15) is 36.4 Å². The van der Waals surface area contributed by atoms with E-state index in [1.807, 2.05) is 50.4 Å². The lowest BCUT2D eigenvalue weighted by Gasteiger charge is -2.26. The van der Waals surface area contributed by atoms with Gasteiger partial charge < -0.3 is 14.4 Å². The summed E-state index contributed by atoms with van der Waals surface area (Å²) in [5.41, 5.74) is 2.64. The Morgan fingerprint density at radius 2 is 2.03 bits per heavy atom. The highest BCUT2D eigenvalue weighted by molar-refractivity contribution is 5.82. The van der Waals surface area contributed by atoms with Crippen molar-refractivity contribution in [1.29, 1.82) is 0 Å². The Hall–Kier alpha value is -2.67. The standard InChI is InChI=1S/C22H29N3O4/c1-5-29-22(27)19-12-17(19)13-25(14-18-11-15(2)24(3)23-18)21(26)20(28-4)16-9-7-6-8-10-16/h6-11,17,19-20H,5,12-14H2,1-4H3. The van der Waals surface area contributed by atoms with Gasteiger partial charge in [0, 0.05) is 26.4 Å². The summed E-state index contributed by atoms with van der Waals surface area (Å²) in [6.45, 7) is 5.00. The van der Waals surface area contributed by atoms with Gasteiger partial charge in [0.05, 0.1) is 24.8 Å². The van der Waals surface area contributed by atoms with E-state index in [9.17, 15) is 9.59 Å². The van der Waals surface area contributed by atoms with Crippen molar-refractivity contribution in [2.45, 2.75) is 32.9 Å². The maximum Gasteiger partial charge on any atom is 0.309 e. The maximum atomic E-state index is 13.4. The summed E-state index contributed by atoms with van der Waals surface area (Å²) in [6.07, 6.45) is 0.0492. The lowest BCUT2D eigenvalue weighted by atomic mass is 10.1. The first kappa shape index (κ1) is 21.0. The fraction of sp³-hybridized carbons (Fsp3) is 0.500. The Kier molecular flexibility index (Phi) is 6.69. The molecular weight excluding hydrogens is 370 g/mol. The highest BCUT2D eigenvalue weighted by Gasteiger charge is 2.46. The van der Waals surface area contributed by atoms with E-state index in [4.69, 9.17) is 9.47 Å². The second kappa shape index (κ2) is 9.22. The minimum atomic E-state index is -0.694. The Balaban J connectivity index is 1.78. The molecule has 1 aliphatic rings. The molecule has 1 amide bonds. The monoisotopic (exact) mass is 399 g/mol. The number of aromatic nitrogens is 2. The molecule has 7 heteroatoms. The number of hydrogen-bond acceptors (Lipinski definition) is 5. The van der Waals surface area contributed by atoms with Gasteiger partial charge in [-0.25, -0.2) is 0 Å². The average Bonchev–Trinajstić information content (AvgIpc) is 3.40. The number of ether oxygens (including phenoxy) is 2. The van der Waals surface area contributed by atoms with Crippen LogP contribution in [-0.2, 0) is 32.7 Å². The van der Waals surface area contributed by atoms with Gasteiger partial charge in [0.25, 0.3) is 5.91 Å². The molecule has 0 spiro atoms. The van der Waals surface area contributed by atoms with Crippen molar-refractivity contribution in [3.63, 3.8) is 0 Å². The van der Waals surface area contributed by atoms with Crippen LogP contribution in [0, 0.1) is 18.8 Å². The molecule has 1 saturated carbocycles.